The minimum Gasteiger partial charge on any atom is -0.309 e. The molecule has 0 heterocycles. The maximum atomic E-state index is 15.8. The van der Waals surface area contributed by atoms with Gasteiger partial charge < -0.3 is 13.7 Å². The van der Waals surface area contributed by atoms with Gasteiger partial charge in [0.25, 0.3) is 0 Å². The molecule has 3 nitrogen and oxygen atoms in total. The van der Waals surface area contributed by atoms with Gasteiger partial charge in [-0.05, 0) is 77.9 Å². The van der Waals surface area contributed by atoms with Gasteiger partial charge in [0.05, 0.1) is 0 Å². The van der Waals surface area contributed by atoms with Crippen molar-refractivity contribution in [2.45, 2.75) is 41.5 Å². The third kappa shape index (κ3) is 8.21. The van der Waals surface area contributed by atoms with Crippen LogP contribution in [0.1, 0.15) is 33.4 Å². The maximum Gasteiger partial charge on any atom is 0.243 e. The van der Waals surface area contributed by atoms with E-state index >= 15 is 13.7 Å². The van der Waals surface area contributed by atoms with Crippen LogP contribution in [-0.2, 0) is 13.7 Å². The molecule has 0 saturated carbocycles. The van der Waals surface area contributed by atoms with E-state index in [-0.39, 0.29) is 6.71 Å². The molecule has 0 saturated heterocycles. The first kappa shape index (κ1) is 45.9. The van der Waals surface area contributed by atoms with E-state index in [2.05, 4.69) is 77.9 Å². The topological polar surface area (TPSA) is 51.2 Å². The second-order valence-electron chi connectivity index (χ2n) is 17.8. The second kappa shape index (κ2) is 18.8. The summed E-state index contributed by atoms with van der Waals surface area (Å²) in [6.07, 6.45) is 0. The zero-order chi connectivity index (χ0) is 46.9. The lowest BCUT2D eigenvalue weighted by atomic mass is 9.33. The van der Waals surface area contributed by atoms with Crippen LogP contribution in [0.4, 0.5) is 0 Å². The van der Waals surface area contributed by atoms with Crippen LogP contribution in [0.5, 0.6) is 0 Å². The van der Waals surface area contributed by atoms with Crippen LogP contribution >= 0.6 is 21.4 Å². The van der Waals surface area contributed by atoms with E-state index < -0.39 is 21.4 Å². The SMILES string of the molecule is Cc1cc(P(=O)(c2ccccc2)c2ccccc2)cc(C)c1B(c1c(C)cc(P(=O)(c2ccccc2)c2ccccc2)cc1C)c1c(C)cc(P(=O)(c2ccccc2)c2ccccc2)cc1C. The average Bonchev–Trinajstić information content (AvgIpc) is 3.36. The van der Waals surface area contributed by atoms with Gasteiger partial charge in [0.15, 0.2) is 21.4 Å². The predicted molar refractivity (Wildman–Crippen MR) is 291 cm³/mol. The molecule has 0 fully saturated rings. The van der Waals surface area contributed by atoms with E-state index in [1.807, 2.05) is 182 Å². The van der Waals surface area contributed by atoms with Crippen LogP contribution in [0.25, 0.3) is 0 Å². The fourth-order valence-electron chi connectivity index (χ4n) is 10.4. The minimum atomic E-state index is -3.29. The van der Waals surface area contributed by atoms with Crippen LogP contribution < -0.4 is 64.1 Å². The lowest BCUT2D eigenvalue weighted by Crippen LogP contribution is -2.58. The summed E-state index contributed by atoms with van der Waals surface area (Å²) in [6.45, 7) is 12.6. The normalized spacial score (nSPS) is 11.9. The Balaban J connectivity index is 1.30. The molecule has 9 rings (SSSR count). The van der Waals surface area contributed by atoms with E-state index in [0.29, 0.717) is 0 Å². The molecule has 0 N–H and O–H groups in total. The molecule has 0 spiro atoms. The first-order valence-corrected chi connectivity index (χ1v) is 28.0. The molecule has 0 aliphatic carbocycles. The van der Waals surface area contributed by atoms with Gasteiger partial charge in [-0.15, -0.1) is 0 Å². The molecule has 0 aliphatic heterocycles. The number of hydrogen-bond donors (Lipinski definition) is 0. The Morgan fingerprint density at radius 3 is 0.537 bits per heavy atom. The van der Waals surface area contributed by atoms with Gasteiger partial charge in [-0.1, -0.05) is 232 Å². The third-order valence-corrected chi connectivity index (χ3v) is 22.5. The predicted octanol–water partition coefficient (Wildman–Crippen LogP) is 8.97. The molecule has 0 radical (unpaired) electrons. The lowest BCUT2D eigenvalue weighted by Gasteiger charge is -2.30. The van der Waals surface area contributed by atoms with Gasteiger partial charge in [0.2, 0.25) is 6.71 Å². The maximum absolute atomic E-state index is 15.8. The van der Waals surface area contributed by atoms with Crippen LogP contribution in [0.15, 0.2) is 218 Å². The molecule has 0 atom stereocenters. The largest absolute Gasteiger partial charge is 0.309 e. The molecule has 7 heteroatoms. The Morgan fingerprint density at radius 1 is 0.239 bits per heavy atom. The molecule has 67 heavy (non-hydrogen) atoms. The summed E-state index contributed by atoms with van der Waals surface area (Å²) >= 11 is 0. The van der Waals surface area contributed by atoms with Crippen LogP contribution in [0.2, 0.25) is 0 Å². The highest BCUT2D eigenvalue weighted by atomic mass is 31.2. The first-order valence-electron chi connectivity index (χ1n) is 22.9. The summed E-state index contributed by atoms with van der Waals surface area (Å²) in [6, 6.07) is 71.9. The number of benzene rings is 9. The van der Waals surface area contributed by atoms with E-state index in [0.717, 1.165) is 97.5 Å². The van der Waals surface area contributed by atoms with Crippen molar-refractivity contribution in [3.8, 4) is 0 Å². The fraction of sp³-hybridized carbons (Fsp3) is 0.100. The van der Waals surface area contributed by atoms with Gasteiger partial charge in [-0.2, -0.15) is 0 Å². The van der Waals surface area contributed by atoms with Crippen molar-refractivity contribution in [2.75, 3.05) is 0 Å². The monoisotopic (exact) mass is 926 g/mol. The summed E-state index contributed by atoms with van der Waals surface area (Å²) < 4.78 is 47.5. The zero-order valence-corrected chi connectivity index (χ0v) is 41.6. The first-order chi connectivity index (χ1) is 32.4. The van der Waals surface area contributed by atoms with E-state index in [9.17, 15) is 0 Å². The molecule has 9 aromatic rings. The molecular weight excluding hydrogens is 872 g/mol. The summed E-state index contributed by atoms with van der Waals surface area (Å²) in [7, 11) is -9.88. The van der Waals surface area contributed by atoms with Gasteiger partial charge in [0, 0.05) is 47.7 Å². The van der Waals surface area contributed by atoms with Crippen molar-refractivity contribution in [3.05, 3.63) is 252 Å². The standard InChI is InChI=1S/C60H54BO3P3/c1-43-37-55(65(62,49-25-13-7-14-26-49)50-27-15-8-16-28-50)38-44(2)58(43)61(59-45(3)39-56(40-46(59)4)66(63,51-29-17-9-18-30-51)52-31-19-10-20-32-52)60-47(5)41-57(42-48(60)6)67(64,53-33-21-11-22-34-53)54-35-23-12-24-36-54/h7-42H,1-6H3. The molecule has 0 aromatic heterocycles. The van der Waals surface area contributed by atoms with Crippen molar-refractivity contribution in [3.63, 3.8) is 0 Å². The number of rotatable bonds is 12. The molecule has 0 bridgehead atoms. The Bertz CT molecular complexity index is 2820. The average molecular weight is 927 g/mol. The van der Waals surface area contributed by atoms with Gasteiger partial charge in [0.1, 0.15) is 0 Å². The summed E-state index contributed by atoms with van der Waals surface area (Å²) in [5.41, 5.74) is 9.52. The Hall–Kier alpha value is -6.27. The Kier molecular flexibility index (Phi) is 12.9. The van der Waals surface area contributed by atoms with Gasteiger partial charge in [-0.25, -0.2) is 0 Å². The number of aryl methyl sites for hydroxylation is 6. The molecule has 330 valence electrons. The molecular formula is C60H54BO3P3. The van der Waals surface area contributed by atoms with Gasteiger partial charge in [-0.3, -0.25) is 0 Å². The Labute approximate surface area is 397 Å². The second-order valence-corrected chi connectivity index (χ2v) is 26.1. The highest BCUT2D eigenvalue weighted by Gasteiger charge is 2.38. The smallest absolute Gasteiger partial charge is 0.243 e. The van der Waals surface area contributed by atoms with Crippen molar-refractivity contribution in [2.24, 2.45) is 0 Å². The van der Waals surface area contributed by atoms with Crippen molar-refractivity contribution in [1.82, 2.24) is 0 Å². The van der Waals surface area contributed by atoms with E-state index in [1.165, 1.54) is 0 Å². The molecule has 9 aromatic carbocycles. The zero-order valence-electron chi connectivity index (χ0n) is 38.9. The van der Waals surface area contributed by atoms with Crippen LogP contribution in [0.3, 0.4) is 0 Å². The minimum absolute atomic E-state index is 0.286. The Morgan fingerprint density at radius 2 is 0.388 bits per heavy atom. The summed E-state index contributed by atoms with van der Waals surface area (Å²) in [5, 5.41) is 7.09. The lowest BCUT2D eigenvalue weighted by molar-refractivity contribution is 0.591. The number of hydrogen-bond acceptors (Lipinski definition) is 3. The van der Waals surface area contributed by atoms with Crippen molar-refractivity contribution >= 4 is 92.3 Å². The quantitative estimate of drug-likeness (QED) is 0.0909. The third-order valence-electron chi connectivity index (χ3n) is 13.4. The van der Waals surface area contributed by atoms with Gasteiger partial charge >= 0.3 is 0 Å². The summed E-state index contributed by atoms with van der Waals surface area (Å²) in [5.74, 6) is 0. The van der Waals surface area contributed by atoms with E-state index in [1.54, 1.807) is 0 Å². The molecule has 0 aliphatic rings. The van der Waals surface area contributed by atoms with E-state index in [4.69, 9.17) is 0 Å². The van der Waals surface area contributed by atoms with Crippen LogP contribution in [-0.4, -0.2) is 6.71 Å². The molecule has 0 unspecified atom stereocenters. The van der Waals surface area contributed by atoms with Crippen molar-refractivity contribution < 1.29 is 13.7 Å². The fourth-order valence-corrected chi connectivity index (χ4v) is 18.9. The molecule has 0 amide bonds. The van der Waals surface area contributed by atoms with Crippen molar-refractivity contribution in [1.29, 1.82) is 0 Å². The highest BCUT2D eigenvalue weighted by molar-refractivity contribution is 7.86. The summed E-state index contributed by atoms with van der Waals surface area (Å²) in [4.78, 5) is 0. The highest BCUT2D eigenvalue weighted by Crippen LogP contribution is 2.45. The van der Waals surface area contributed by atoms with Crippen LogP contribution in [0, 0.1) is 41.5 Å².